The standard InChI is InChI=1S/C32H34N6O3/c1-4-40-32(2,3)19-22(20-33)31(39)38-16-8-9-24(38)17-23-18-27-28(30(34)37-36-27)29(35-23)21-12-14-26(15-13-21)41-25-10-6-5-7-11-25/h5-7,10-15,18-19,24H,4,8-9,16-17H2,1-3H3,(H3,34,36,37). The molecule has 3 heterocycles. The van der Waals surface area contributed by atoms with E-state index in [1.165, 1.54) is 0 Å². The number of benzene rings is 2. The summed E-state index contributed by atoms with van der Waals surface area (Å²) in [5.74, 6) is 1.57. The minimum absolute atomic E-state index is 0.0887. The minimum atomic E-state index is -0.714. The predicted octanol–water partition coefficient (Wildman–Crippen LogP) is 5.80. The monoisotopic (exact) mass is 550 g/mol. The number of pyridine rings is 1. The molecule has 0 radical (unpaired) electrons. The van der Waals surface area contributed by atoms with Crippen LogP contribution >= 0.6 is 0 Å². The lowest BCUT2D eigenvalue weighted by molar-refractivity contribution is -0.127. The molecule has 1 fully saturated rings. The predicted molar refractivity (Wildman–Crippen MR) is 158 cm³/mol. The molecule has 2 aromatic heterocycles. The van der Waals surface area contributed by atoms with E-state index in [1.54, 1.807) is 11.0 Å². The first-order valence-electron chi connectivity index (χ1n) is 13.8. The summed E-state index contributed by atoms with van der Waals surface area (Å²) in [7, 11) is 0. The molecule has 0 spiro atoms. The molecule has 1 aliphatic heterocycles. The fourth-order valence-corrected chi connectivity index (χ4v) is 5.36. The number of nitrogen functional groups attached to an aromatic ring is 1. The van der Waals surface area contributed by atoms with Gasteiger partial charge >= 0.3 is 0 Å². The van der Waals surface area contributed by atoms with Gasteiger partial charge in [0.25, 0.3) is 5.91 Å². The maximum Gasteiger partial charge on any atom is 0.264 e. The van der Waals surface area contributed by atoms with Gasteiger partial charge < -0.3 is 20.1 Å². The number of hydrogen-bond acceptors (Lipinski definition) is 7. The summed E-state index contributed by atoms with van der Waals surface area (Å²) in [6.45, 7) is 6.66. The van der Waals surface area contributed by atoms with E-state index in [9.17, 15) is 10.1 Å². The van der Waals surface area contributed by atoms with E-state index in [-0.39, 0.29) is 17.5 Å². The molecule has 5 rings (SSSR count). The molecule has 1 amide bonds. The van der Waals surface area contributed by atoms with Crippen molar-refractivity contribution in [1.29, 1.82) is 5.26 Å². The first kappa shape index (κ1) is 27.9. The number of fused-ring (bicyclic) bond motifs is 1. The smallest absolute Gasteiger partial charge is 0.264 e. The van der Waals surface area contributed by atoms with Gasteiger partial charge in [-0.1, -0.05) is 18.2 Å². The number of ether oxygens (including phenoxy) is 2. The largest absolute Gasteiger partial charge is 0.457 e. The molecule has 210 valence electrons. The van der Waals surface area contributed by atoms with E-state index in [0.717, 1.165) is 40.8 Å². The number of nitrogens with zero attached hydrogens (tertiary/aromatic N) is 4. The van der Waals surface area contributed by atoms with Gasteiger partial charge in [0.05, 0.1) is 22.2 Å². The number of nitrogens with one attached hydrogen (secondary N) is 1. The third kappa shape index (κ3) is 6.23. The highest BCUT2D eigenvalue weighted by atomic mass is 16.5. The number of H-pyrrole nitrogens is 1. The van der Waals surface area contributed by atoms with Crippen LogP contribution in [-0.2, 0) is 16.0 Å². The Labute approximate surface area is 239 Å². The molecule has 9 heteroatoms. The number of nitrogens with two attached hydrogens (primary N) is 1. The van der Waals surface area contributed by atoms with Crippen molar-refractivity contribution in [3.8, 4) is 28.8 Å². The van der Waals surface area contributed by atoms with Gasteiger partial charge in [0, 0.05) is 36.9 Å². The van der Waals surface area contributed by atoms with Gasteiger partial charge in [0.2, 0.25) is 0 Å². The molecule has 0 bridgehead atoms. The third-order valence-electron chi connectivity index (χ3n) is 7.17. The van der Waals surface area contributed by atoms with Crippen molar-refractivity contribution in [3.63, 3.8) is 0 Å². The minimum Gasteiger partial charge on any atom is -0.457 e. The van der Waals surface area contributed by atoms with E-state index in [4.69, 9.17) is 20.2 Å². The molecular weight excluding hydrogens is 516 g/mol. The van der Waals surface area contributed by atoms with Gasteiger partial charge in [-0.05, 0) is 82.2 Å². The van der Waals surface area contributed by atoms with E-state index in [0.29, 0.717) is 36.8 Å². The average molecular weight is 551 g/mol. The number of aromatic nitrogens is 3. The van der Waals surface area contributed by atoms with Crippen LogP contribution in [0.1, 0.15) is 39.3 Å². The molecule has 41 heavy (non-hydrogen) atoms. The summed E-state index contributed by atoms with van der Waals surface area (Å²) >= 11 is 0. The van der Waals surface area contributed by atoms with Gasteiger partial charge in [-0.25, -0.2) is 0 Å². The summed E-state index contributed by atoms with van der Waals surface area (Å²) in [5.41, 5.74) is 8.79. The van der Waals surface area contributed by atoms with Crippen molar-refractivity contribution in [2.24, 2.45) is 0 Å². The maximum atomic E-state index is 13.4. The Morgan fingerprint density at radius 1 is 1.20 bits per heavy atom. The number of para-hydroxylation sites is 1. The molecule has 0 aliphatic carbocycles. The zero-order chi connectivity index (χ0) is 29.0. The van der Waals surface area contributed by atoms with Crippen LogP contribution in [0.25, 0.3) is 22.2 Å². The number of aromatic amines is 1. The lowest BCUT2D eigenvalue weighted by atomic mass is 10.0. The van der Waals surface area contributed by atoms with Crippen molar-refractivity contribution in [2.75, 3.05) is 18.9 Å². The number of amides is 1. The van der Waals surface area contributed by atoms with Gasteiger partial charge in [-0.3, -0.25) is 14.9 Å². The zero-order valence-electron chi connectivity index (χ0n) is 23.6. The summed E-state index contributed by atoms with van der Waals surface area (Å²) in [6.07, 6.45) is 3.84. The molecule has 1 saturated heterocycles. The average Bonchev–Trinajstić information content (AvgIpc) is 3.58. The number of rotatable bonds is 9. The van der Waals surface area contributed by atoms with Gasteiger partial charge in [-0.15, -0.1) is 0 Å². The zero-order valence-corrected chi connectivity index (χ0v) is 23.6. The summed E-state index contributed by atoms with van der Waals surface area (Å²) in [6, 6.07) is 21.2. The van der Waals surface area contributed by atoms with Crippen molar-refractivity contribution in [1.82, 2.24) is 20.1 Å². The highest BCUT2D eigenvalue weighted by molar-refractivity contribution is 6.00. The Bertz CT molecular complexity index is 1600. The number of likely N-dealkylation sites (tertiary alicyclic amines) is 1. The Morgan fingerprint density at radius 3 is 2.63 bits per heavy atom. The van der Waals surface area contributed by atoms with Gasteiger partial charge in [-0.2, -0.15) is 10.4 Å². The first-order valence-corrected chi connectivity index (χ1v) is 13.8. The van der Waals surface area contributed by atoms with E-state index in [2.05, 4.69) is 16.3 Å². The van der Waals surface area contributed by atoms with Crippen molar-refractivity contribution in [3.05, 3.63) is 78.0 Å². The van der Waals surface area contributed by atoms with E-state index >= 15 is 0 Å². The van der Waals surface area contributed by atoms with Crippen molar-refractivity contribution >= 4 is 22.6 Å². The van der Waals surface area contributed by atoms with Crippen LogP contribution in [0.5, 0.6) is 11.5 Å². The first-order chi connectivity index (χ1) is 19.8. The normalized spacial score (nSPS) is 15.7. The number of hydrogen-bond donors (Lipinski definition) is 2. The Hall–Kier alpha value is -4.68. The molecule has 1 unspecified atom stereocenters. The van der Waals surface area contributed by atoms with E-state index in [1.807, 2.05) is 81.4 Å². The van der Waals surface area contributed by atoms with Crippen LogP contribution in [0.3, 0.4) is 0 Å². The highest BCUT2D eigenvalue weighted by Gasteiger charge is 2.32. The molecule has 9 nitrogen and oxygen atoms in total. The van der Waals surface area contributed by atoms with Crippen LogP contribution < -0.4 is 10.5 Å². The number of carbonyl (C=O) groups excluding carboxylic acids is 1. The molecule has 1 aliphatic rings. The summed E-state index contributed by atoms with van der Waals surface area (Å²) in [4.78, 5) is 20.2. The number of carbonyl (C=O) groups is 1. The Balaban J connectivity index is 1.41. The number of nitriles is 1. The van der Waals surface area contributed by atoms with Crippen LogP contribution in [0, 0.1) is 11.3 Å². The summed E-state index contributed by atoms with van der Waals surface area (Å²) < 4.78 is 11.6. The van der Waals surface area contributed by atoms with Crippen molar-refractivity contribution in [2.45, 2.75) is 51.7 Å². The van der Waals surface area contributed by atoms with Crippen LogP contribution in [0.2, 0.25) is 0 Å². The van der Waals surface area contributed by atoms with Crippen LogP contribution in [0.15, 0.2) is 72.3 Å². The van der Waals surface area contributed by atoms with Crippen LogP contribution in [-0.4, -0.2) is 50.8 Å². The Kier molecular flexibility index (Phi) is 8.04. The molecule has 0 saturated carbocycles. The van der Waals surface area contributed by atoms with E-state index < -0.39 is 5.60 Å². The Morgan fingerprint density at radius 2 is 1.93 bits per heavy atom. The summed E-state index contributed by atoms with van der Waals surface area (Å²) in [5, 5.41) is 17.8. The molecular formula is C32H34N6O3. The molecule has 4 aromatic rings. The second kappa shape index (κ2) is 11.8. The second-order valence-electron chi connectivity index (χ2n) is 10.6. The molecule has 3 N–H and O–H groups in total. The van der Waals surface area contributed by atoms with Gasteiger partial charge in [0.15, 0.2) is 5.82 Å². The lowest BCUT2D eigenvalue weighted by Gasteiger charge is -2.26. The van der Waals surface area contributed by atoms with Crippen molar-refractivity contribution < 1.29 is 14.3 Å². The topological polar surface area (TPSA) is 130 Å². The molecule has 1 atom stereocenters. The third-order valence-corrected chi connectivity index (χ3v) is 7.17. The fraction of sp³-hybridized carbons (Fsp3) is 0.312. The highest BCUT2D eigenvalue weighted by Crippen LogP contribution is 2.33. The lowest BCUT2D eigenvalue weighted by Crippen LogP contribution is -2.38. The number of anilines is 1. The second-order valence-corrected chi connectivity index (χ2v) is 10.6. The quantitative estimate of drug-likeness (QED) is 0.199. The SMILES string of the molecule is CCOC(C)(C)C=C(C#N)C(=O)N1CCCC1Cc1cc2[nH]nc(N)c2c(-c2ccc(Oc3ccccc3)cc2)n1. The fourth-order valence-electron chi connectivity index (χ4n) is 5.36. The van der Waals surface area contributed by atoms with Gasteiger partial charge in [0.1, 0.15) is 23.1 Å². The molecule has 2 aromatic carbocycles. The van der Waals surface area contributed by atoms with Crippen LogP contribution in [0.4, 0.5) is 5.82 Å². The maximum absolute atomic E-state index is 13.4.